The summed E-state index contributed by atoms with van der Waals surface area (Å²) in [7, 11) is 1.70. The highest BCUT2D eigenvalue weighted by Crippen LogP contribution is 2.34. The fourth-order valence-corrected chi connectivity index (χ4v) is 5.40. The van der Waals surface area contributed by atoms with Crippen LogP contribution in [0.1, 0.15) is 40.6 Å². The zero-order chi connectivity index (χ0) is 21.9. The smallest absolute Gasteiger partial charge is 0.228 e. The maximum atomic E-state index is 12.9. The van der Waals surface area contributed by atoms with Crippen LogP contribution >= 0.6 is 11.3 Å². The Morgan fingerprint density at radius 1 is 1.19 bits per heavy atom. The first kappa shape index (κ1) is 20.8. The fraction of sp³-hybridized carbons (Fsp3) is 0.308. The van der Waals surface area contributed by atoms with Gasteiger partial charge in [-0.2, -0.15) is 0 Å². The van der Waals surface area contributed by atoms with Crippen molar-refractivity contribution in [3.8, 4) is 5.75 Å². The first-order valence-corrected chi connectivity index (χ1v) is 12.0. The van der Waals surface area contributed by atoms with Gasteiger partial charge >= 0.3 is 0 Å². The molecule has 1 saturated heterocycles. The van der Waals surface area contributed by atoms with E-state index < -0.39 is 0 Å². The number of nitrogens with one attached hydrogen (secondary N) is 1. The number of nitrogens with zero attached hydrogens (tertiary/aromatic N) is 2. The molecule has 164 valence electrons. The number of H-pyrrole nitrogens is 1. The van der Waals surface area contributed by atoms with Crippen molar-refractivity contribution in [2.75, 3.05) is 20.2 Å². The molecule has 1 amide bonds. The van der Waals surface area contributed by atoms with Crippen molar-refractivity contribution < 1.29 is 9.53 Å². The van der Waals surface area contributed by atoms with Gasteiger partial charge in [0.15, 0.2) is 0 Å². The van der Waals surface area contributed by atoms with Crippen LogP contribution < -0.4 is 4.74 Å². The van der Waals surface area contributed by atoms with Crippen LogP contribution in [0.5, 0.6) is 5.75 Å². The Morgan fingerprint density at radius 2 is 2.00 bits per heavy atom. The number of carbonyl (C=O) groups excluding carboxylic acids is 1. The lowest BCUT2D eigenvalue weighted by molar-refractivity contribution is -0.131. The van der Waals surface area contributed by atoms with E-state index in [1.807, 2.05) is 34.5 Å². The lowest BCUT2D eigenvalue weighted by atomic mass is 9.89. The summed E-state index contributed by atoms with van der Waals surface area (Å²) in [5.41, 5.74) is 4.60. The zero-order valence-electron chi connectivity index (χ0n) is 18.2. The average molecular weight is 446 g/mol. The van der Waals surface area contributed by atoms with Crippen molar-refractivity contribution >= 4 is 28.1 Å². The molecule has 2 aromatic carbocycles. The number of hydrogen-bond acceptors (Lipinski definition) is 4. The molecule has 2 aromatic heterocycles. The molecule has 1 aliphatic heterocycles. The van der Waals surface area contributed by atoms with E-state index in [9.17, 15) is 4.79 Å². The van der Waals surface area contributed by atoms with Gasteiger partial charge in [0.1, 0.15) is 5.75 Å². The molecule has 0 radical (unpaired) electrons. The van der Waals surface area contributed by atoms with Gasteiger partial charge in [-0.15, -0.1) is 11.3 Å². The molecular formula is C26H27N3O2S. The molecule has 1 N–H and O–H groups in total. The summed E-state index contributed by atoms with van der Waals surface area (Å²) in [5.74, 6) is 1.51. The Balaban J connectivity index is 1.18. The lowest BCUT2D eigenvalue weighted by Gasteiger charge is -2.32. The quantitative estimate of drug-likeness (QED) is 0.445. The Kier molecular flexibility index (Phi) is 5.95. The van der Waals surface area contributed by atoms with Crippen molar-refractivity contribution in [2.45, 2.75) is 31.6 Å². The first-order chi connectivity index (χ1) is 15.7. The predicted octanol–water partition coefficient (Wildman–Crippen LogP) is 5.17. The number of fused-ring (bicyclic) bond motifs is 1. The van der Waals surface area contributed by atoms with Gasteiger partial charge in [-0.3, -0.25) is 4.79 Å². The molecule has 4 aromatic rings. The highest BCUT2D eigenvalue weighted by molar-refractivity contribution is 7.09. The van der Waals surface area contributed by atoms with E-state index in [-0.39, 0.29) is 5.91 Å². The van der Waals surface area contributed by atoms with Crippen LogP contribution in [-0.2, 0) is 17.6 Å². The average Bonchev–Trinajstić information content (AvgIpc) is 3.46. The van der Waals surface area contributed by atoms with Gasteiger partial charge < -0.3 is 14.6 Å². The largest absolute Gasteiger partial charge is 0.497 e. The van der Waals surface area contributed by atoms with Gasteiger partial charge in [0.05, 0.1) is 24.2 Å². The number of rotatable bonds is 6. The van der Waals surface area contributed by atoms with E-state index in [0.29, 0.717) is 12.3 Å². The summed E-state index contributed by atoms with van der Waals surface area (Å²) < 4.78 is 5.40. The van der Waals surface area contributed by atoms with Crippen LogP contribution in [0.15, 0.2) is 60.1 Å². The van der Waals surface area contributed by atoms with Gasteiger partial charge in [0, 0.05) is 42.0 Å². The van der Waals surface area contributed by atoms with Crippen LogP contribution in [-0.4, -0.2) is 41.0 Å². The van der Waals surface area contributed by atoms with Crippen molar-refractivity contribution in [3.05, 3.63) is 81.9 Å². The van der Waals surface area contributed by atoms with Crippen LogP contribution in [0.4, 0.5) is 0 Å². The minimum Gasteiger partial charge on any atom is -0.497 e. The minimum absolute atomic E-state index is 0.181. The molecule has 0 saturated carbocycles. The van der Waals surface area contributed by atoms with Crippen LogP contribution in [0.3, 0.4) is 0 Å². The van der Waals surface area contributed by atoms with Crippen molar-refractivity contribution in [3.63, 3.8) is 0 Å². The van der Waals surface area contributed by atoms with Crippen LogP contribution in [0.25, 0.3) is 10.9 Å². The summed E-state index contributed by atoms with van der Waals surface area (Å²) in [6.45, 7) is 1.59. The molecule has 0 spiro atoms. The molecule has 6 heteroatoms. The number of aromatic nitrogens is 2. The van der Waals surface area contributed by atoms with Crippen molar-refractivity contribution in [2.24, 2.45) is 0 Å². The minimum atomic E-state index is 0.181. The molecular weight excluding hydrogens is 418 g/mol. The summed E-state index contributed by atoms with van der Waals surface area (Å²) in [4.78, 5) is 23.0. The third-order valence-electron chi connectivity index (χ3n) is 6.34. The maximum Gasteiger partial charge on any atom is 0.228 e. The van der Waals surface area contributed by atoms with Crippen molar-refractivity contribution in [1.29, 1.82) is 0 Å². The van der Waals surface area contributed by atoms with Crippen LogP contribution in [0.2, 0.25) is 0 Å². The molecule has 5 nitrogen and oxygen atoms in total. The van der Waals surface area contributed by atoms with Gasteiger partial charge in [-0.1, -0.05) is 30.3 Å². The fourth-order valence-electron chi connectivity index (χ4n) is 4.57. The van der Waals surface area contributed by atoms with E-state index in [0.717, 1.165) is 54.3 Å². The topological polar surface area (TPSA) is 58.2 Å². The molecule has 0 atom stereocenters. The van der Waals surface area contributed by atoms with Gasteiger partial charge in [-0.05, 0) is 48.1 Å². The van der Waals surface area contributed by atoms with Gasteiger partial charge in [0.25, 0.3) is 0 Å². The Morgan fingerprint density at radius 3 is 2.78 bits per heavy atom. The van der Waals surface area contributed by atoms with E-state index in [1.54, 1.807) is 18.4 Å². The second kappa shape index (κ2) is 9.17. The van der Waals surface area contributed by atoms with Crippen LogP contribution in [0, 0.1) is 0 Å². The number of ether oxygens (including phenoxy) is 1. The molecule has 1 fully saturated rings. The third-order valence-corrected chi connectivity index (χ3v) is 7.24. The van der Waals surface area contributed by atoms with Gasteiger partial charge in [-0.25, -0.2) is 4.98 Å². The van der Waals surface area contributed by atoms with E-state index in [2.05, 4.69) is 35.4 Å². The monoisotopic (exact) mass is 445 g/mol. The molecule has 0 bridgehead atoms. The number of aromatic amines is 1. The van der Waals surface area contributed by atoms with E-state index in [1.165, 1.54) is 16.5 Å². The summed E-state index contributed by atoms with van der Waals surface area (Å²) in [6.07, 6.45) is 5.29. The number of amides is 1. The number of piperidine rings is 1. The normalized spacial score (nSPS) is 14.7. The summed E-state index contributed by atoms with van der Waals surface area (Å²) in [5, 5.41) is 4.32. The molecule has 32 heavy (non-hydrogen) atoms. The second-order valence-electron chi connectivity index (χ2n) is 8.38. The molecule has 0 aliphatic carbocycles. The molecule has 5 rings (SSSR count). The highest BCUT2D eigenvalue weighted by atomic mass is 32.1. The Bertz CT molecular complexity index is 1210. The standard InChI is InChI=1S/C26H27N3O2S/c1-31-21-7-8-24-22(15-21)23(16-27-24)19-9-11-29(12-10-19)26(30)14-20-17-32-25(28-20)13-18-5-3-2-4-6-18/h2-8,15-17,19,27H,9-14H2,1H3. The first-order valence-electron chi connectivity index (χ1n) is 11.1. The second-order valence-corrected chi connectivity index (χ2v) is 9.32. The Labute approximate surface area is 192 Å². The number of likely N-dealkylation sites (tertiary alicyclic amines) is 1. The number of carbonyl (C=O) groups is 1. The van der Waals surface area contributed by atoms with E-state index in [4.69, 9.17) is 9.72 Å². The number of methoxy groups -OCH3 is 1. The lowest BCUT2D eigenvalue weighted by Crippen LogP contribution is -2.38. The number of benzene rings is 2. The van der Waals surface area contributed by atoms with Crippen molar-refractivity contribution in [1.82, 2.24) is 14.9 Å². The number of thiazole rings is 1. The summed E-state index contributed by atoms with van der Waals surface area (Å²) >= 11 is 1.64. The zero-order valence-corrected chi connectivity index (χ0v) is 19.0. The predicted molar refractivity (Wildman–Crippen MR) is 128 cm³/mol. The Hall–Kier alpha value is -3.12. The SMILES string of the molecule is COc1ccc2[nH]cc(C3CCN(C(=O)Cc4csc(Cc5ccccc5)n4)CC3)c2c1. The third kappa shape index (κ3) is 4.41. The maximum absolute atomic E-state index is 12.9. The van der Waals surface area contributed by atoms with E-state index >= 15 is 0 Å². The van der Waals surface area contributed by atoms with Gasteiger partial charge in [0.2, 0.25) is 5.91 Å². The number of hydrogen-bond donors (Lipinski definition) is 1. The molecule has 3 heterocycles. The molecule has 0 unspecified atom stereocenters. The highest BCUT2D eigenvalue weighted by Gasteiger charge is 2.26. The molecule has 1 aliphatic rings. The summed E-state index contributed by atoms with van der Waals surface area (Å²) in [6, 6.07) is 16.5.